The van der Waals surface area contributed by atoms with E-state index in [-0.39, 0.29) is 10.7 Å². The Kier molecular flexibility index (Phi) is 3.49. The van der Waals surface area contributed by atoms with Crippen molar-refractivity contribution in [1.82, 2.24) is 10.2 Å². The first kappa shape index (κ1) is 13.1. The van der Waals surface area contributed by atoms with Crippen LogP contribution in [0.2, 0.25) is 0 Å². The van der Waals surface area contributed by atoms with Crippen molar-refractivity contribution in [3.8, 4) is 0 Å². The summed E-state index contributed by atoms with van der Waals surface area (Å²) in [5.41, 5.74) is 2.56. The summed E-state index contributed by atoms with van der Waals surface area (Å²) in [6.07, 6.45) is 0. The van der Waals surface area contributed by atoms with Crippen LogP contribution in [0, 0.1) is 0 Å². The van der Waals surface area contributed by atoms with Crippen molar-refractivity contribution in [2.75, 3.05) is 10.1 Å². The largest absolute Gasteiger partial charge is 0.324 e. The van der Waals surface area contributed by atoms with E-state index in [1.165, 1.54) is 36.4 Å². The third kappa shape index (κ3) is 3.09. The fraction of sp³-hybridized carbons (Fsp3) is 0. The lowest BCUT2D eigenvalue weighted by Crippen LogP contribution is -2.16. The maximum Gasteiger partial charge on any atom is 0.264 e. The molecule has 0 atom stereocenters. The monoisotopic (exact) mass is 281 g/mol. The molecule has 1 heterocycles. The number of nitrogens with one attached hydrogen (secondary N) is 3. The number of aromatic nitrogens is 2. The third-order valence-electron chi connectivity index (χ3n) is 2.25. The number of nitrogens with two attached hydrogens (primary N) is 1. The minimum Gasteiger partial charge on any atom is -0.324 e. The van der Waals surface area contributed by atoms with Gasteiger partial charge in [-0.3, -0.25) is 15.4 Å². The Labute approximate surface area is 108 Å². The minimum absolute atomic E-state index is 0.0284. The zero-order valence-electron chi connectivity index (χ0n) is 9.62. The van der Waals surface area contributed by atoms with E-state index in [1.54, 1.807) is 0 Å². The maximum atomic E-state index is 12.0. The highest BCUT2D eigenvalue weighted by atomic mass is 32.2. The van der Waals surface area contributed by atoms with Crippen LogP contribution in [0.5, 0.6) is 0 Å². The second kappa shape index (κ2) is 5.08. The minimum atomic E-state index is -3.75. The van der Waals surface area contributed by atoms with Gasteiger partial charge in [-0.1, -0.05) is 0 Å². The SMILES string of the molecule is NNc1ccc(S(=O)(=O)Nc2ccc(=O)[nH]n2)cc1. The molecule has 0 saturated carbocycles. The molecule has 100 valence electrons. The first-order valence-electron chi connectivity index (χ1n) is 5.16. The summed E-state index contributed by atoms with van der Waals surface area (Å²) >= 11 is 0. The smallest absolute Gasteiger partial charge is 0.264 e. The number of aromatic amines is 1. The molecule has 0 aliphatic heterocycles. The number of benzene rings is 1. The van der Waals surface area contributed by atoms with Gasteiger partial charge in [0.2, 0.25) is 0 Å². The van der Waals surface area contributed by atoms with Crippen molar-refractivity contribution in [3.05, 3.63) is 46.8 Å². The van der Waals surface area contributed by atoms with Crippen molar-refractivity contribution in [2.24, 2.45) is 5.84 Å². The topological polar surface area (TPSA) is 130 Å². The van der Waals surface area contributed by atoms with E-state index in [0.717, 1.165) is 0 Å². The van der Waals surface area contributed by atoms with Gasteiger partial charge in [-0.15, -0.1) is 0 Å². The van der Waals surface area contributed by atoms with Crippen LogP contribution in [-0.2, 0) is 10.0 Å². The molecule has 0 bridgehead atoms. The zero-order chi connectivity index (χ0) is 13.9. The molecule has 0 amide bonds. The number of nitrogen functional groups attached to an aromatic ring is 1. The third-order valence-corrected chi connectivity index (χ3v) is 3.62. The molecule has 0 radical (unpaired) electrons. The summed E-state index contributed by atoms with van der Waals surface area (Å²) in [4.78, 5) is 10.9. The van der Waals surface area contributed by atoms with Crippen LogP contribution < -0.4 is 21.5 Å². The van der Waals surface area contributed by atoms with Gasteiger partial charge in [0.25, 0.3) is 15.6 Å². The number of hydrogen-bond acceptors (Lipinski definition) is 6. The predicted octanol–water partition coefficient (Wildman–Crippen LogP) is -0.144. The Hall–Kier alpha value is -2.39. The van der Waals surface area contributed by atoms with Crippen LogP contribution in [-0.4, -0.2) is 18.6 Å². The van der Waals surface area contributed by atoms with Crippen molar-refractivity contribution in [1.29, 1.82) is 0 Å². The number of rotatable bonds is 4. The molecule has 1 aromatic carbocycles. The Morgan fingerprint density at radius 1 is 1.11 bits per heavy atom. The second-order valence-corrected chi connectivity index (χ2v) is 5.26. The Bertz CT molecular complexity index is 703. The molecular formula is C10H11N5O3S. The van der Waals surface area contributed by atoms with Gasteiger partial charge >= 0.3 is 0 Å². The van der Waals surface area contributed by atoms with Crippen LogP contribution in [0.1, 0.15) is 0 Å². The standard InChI is InChI=1S/C10H11N5O3S/c11-12-7-1-3-8(4-2-7)19(17,18)15-9-5-6-10(16)14-13-9/h1-6,12H,11H2,(H,13,15)(H,14,16). The molecule has 2 rings (SSSR count). The molecule has 0 unspecified atom stereocenters. The molecular weight excluding hydrogens is 270 g/mol. The Morgan fingerprint density at radius 2 is 1.79 bits per heavy atom. The van der Waals surface area contributed by atoms with Gasteiger partial charge in [0, 0.05) is 11.8 Å². The number of hydrazine groups is 1. The molecule has 5 N–H and O–H groups in total. The predicted molar refractivity (Wildman–Crippen MR) is 69.9 cm³/mol. The van der Waals surface area contributed by atoms with E-state index < -0.39 is 15.6 Å². The molecule has 0 aliphatic rings. The van der Waals surface area contributed by atoms with Crippen molar-refractivity contribution < 1.29 is 8.42 Å². The molecule has 0 fully saturated rings. The molecule has 9 heteroatoms. The molecule has 1 aromatic heterocycles. The number of hydrogen-bond donors (Lipinski definition) is 4. The summed E-state index contributed by atoms with van der Waals surface area (Å²) in [7, 11) is -3.75. The summed E-state index contributed by atoms with van der Waals surface area (Å²) in [5, 5.41) is 5.70. The van der Waals surface area contributed by atoms with Crippen LogP contribution in [0.3, 0.4) is 0 Å². The van der Waals surface area contributed by atoms with E-state index in [1.807, 2.05) is 0 Å². The lowest BCUT2D eigenvalue weighted by Gasteiger charge is -2.07. The van der Waals surface area contributed by atoms with Crippen LogP contribution >= 0.6 is 0 Å². The lowest BCUT2D eigenvalue weighted by molar-refractivity contribution is 0.601. The number of H-pyrrole nitrogens is 1. The maximum absolute atomic E-state index is 12.0. The van der Waals surface area contributed by atoms with Gasteiger partial charge in [0.15, 0.2) is 5.82 Å². The van der Waals surface area contributed by atoms with Gasteiger partial charge < -0.3 is 5.43 Å². The molecule has 8 nitrogen and oxygen atoms in total. The number of nitrogens with zero attached hydrogens (tertiary/aromatic N) is 1. The van der Waals surface area contributed by atoms with Gasteiger partial charge in [-0.2, -0.15) is 5.10 Å². The molecule has 0 spiro atoms. The Morgan fingerprint density at radius 3 is 2.32 bits per heavy atom. The van der Waals surface area contributed by atoms with Gasteiger partial charge in [0.05, 0.1) is 4.90 Å². The van der Waals surface area contributed by atoms with Crippen LogP contribution in [0.4, 0.5) is 11.5 Å². The van der Waals surface area contributed by atoms with E-state index in [9.17, 15) is 13.2 Å². The van der Waals surface area contributed by atoms with Gasteiger partial charge in [-0.25, -0.2) is 13.5 Å². The summed E-state index contributed by atoms with van der Waals surface area (Å²) < 4.78 is 26.2. The fourth-order valence-corrected chi connectivity index (χ4v) is 2.33. The highest BCUT2D eigenvalue weighted by Crippen LogP contribution is 2.15. The molecule has 0 saturated heterocycles. The molecule has 19 heavy (non-hydrogen) atoms. The summed E-state index contributed by atoms with van der Waals surface area (Å²) in [5.74, 6) is 5.22. The van der Waals surface area contributed by atoms with E-state index >= 15 is 0 Å². The highest BCUT2D eigenvalue weighted by molar-refractivity contribution is 7.92. The van der Waals surface area contributed by atoms with Gasteiger partial charge in [-0.05, 0) is 30.3 Å². The average Bonchev–Trinajstić information content (AvgIpc) is 2.41. The molecule has 2 aromatic rings. The molecule has 0 aliphatic carbocycles. The first-order valence-corrected chi connectivity index (χ1v) is 6.65. The second-order valence-electron chi connectivity index (χ2n) is 3.58. The van der Waals surface area contributed by atoms with Crippen LogP contribution in [0.25, 0.3) is 0 Å². The van der Waals surface area contributed by atoms with Crippen molar-refractivity contribution in [2.45, 2.75) is 4.90 Å². The van der Waals surface area contributed by atoms with Crippen molar-refractivity contribution in [3.63, 3.8) is 0 Å². The lowest BCUT2D eigenvalue weighted by atomic mass is 10.3. The first-order chi connectivity index (χ1) is 9.01. The average molecular weight is 281 g/mol. The van der Waals surface area contributed by atoms with E-state index in [2.05, 4.69) is 20.3 Å². The fourth-order valence-electron chi connectivity index (χ4n) is 1.33. The van der Waals surface area contributed by atoms with Crippen molar-refractivity contribution >= 4 is 21.5 Å². The normalized spacial score (nSPS) is 11.0. The zero-order valence-corrected chi connectivity index (χ0v) is 10.4. The number of anilines is 2. The summed E-state index contributed by atoms with van der Waals surface area (Å²) in [6.45, 7) is 0. The Balaban J connectivity index is 2.26. The van der Waals surface area contributed by atoms with Crippen LogP contribution in [0.15, 0.2) is 46.1 Å². The van der Waals surface area contributed by atoms with Gasteiger partial charge in [0.1, 0.15) is 0 Å². The van der Waals surface area contributed by atoms with E-state index in [4.69, 9.17) is 5.84 Å². The summed E-state index contributed by atoms with van der Waals surface area (Å²) in [6, 6.07) is 8.27. The number of sulfonamides is 1. The quantitative estimate of drug-likeness (QED) is 0.455. The van der Waals surface area contributed by atoms with E-state index in [0.29, 0.717) is 5.69 Å². The highest BCUT2D eigenvalue weighted by Gasteiger charge is 2.14.